The maximum atomic E-state index is 5.38. The number of fused-ring (bicyclic) bond motifs is 1. The van der Waals surface area contributed by atoms with Gasteiger partial charge >= 0.3 is 0 Å². The Morgan fingerprint density at radius 3 is 2.86 bits per heavy atom. The summed E-state index contributed by atoms with van der Waals surface area (Å²) in [5, 5.41) is 3.67. The number of rotatable bonds is 6. The second-order valence-electron chi connectivity index (χ2n) is 6.37. The predicted molar refractivity (Wildman–Crippen MR) is 86.8 cm³/mol. The quantitative estimate of drug-likeness (QED) is 0.814. The molecule has 0 spiro atoms. The third kappa shape index (κ3) is 4.06. The predicted octanol–water partition coefficient (Wildman–Crippen LogP) is 2.55. The fraction of sp³-hybridized carbons (Fsp3) is 0.667. The van der Waals surface area contributed by atoms with Gasteiger partial charge in [0.05, 0.1) is 13.2 Å². The number of aryl methyl sites for hydroxylation is 2. The van der Waals surface area contributed by atoms with E-state index in [2.05, 4.69) is 35.3 Å². The van der Waals surface area contributed by atoms with E-state index < -0.39 is 0 Å². The second kappa shape index (κ2) is 7.39. The molecule has 0 saturated carbocycles. The van der Waals surface area contributed by atoms with Gasteiger partial charge in [-0.2, -0.15) is 0 Å². The summed E-state index contributed by atoms with van der Waals surface area (Å²) in [6.45, 7) is 8.56. The lowest BCUT2D eigenvalue weighted by molar-refractivity contribution is 0.0374. The lowest BCUT2D eigenvalue weighted by Crippen LogP contribution is -2.37. The van der Waals surface area contributed by atoms with E-state index in [-0.39, 0.29) is 0 Å². The fourth-order valence-electron chi connectivity index (χ4n) is 3.42. The smallest absolute Gasteiger partial charge is 0.0594 e. The summed E-state index contributed by atoms with van der Waals surface area (Å²) in [6, 6.07) is 7.52. The minimum absolute atomic E-state index is 0.459. The molecule has 1 aliphatic carbocycles. The van der Waals surface area contributed by atoms with Gasteiger partial charge in [0.2, 0.25) is 0 Å². The molecule has 1 atom stereocenters. The third-order valence-corrected chi connectivity index (χ3v) is 4.83. The lowest BCUT2D eigenvalue weighted by atomic mass is 10.0. The average Bonchev–Trinajstić information content (AvgIpc) is 3.00. The Kier molecular flexibility index (Phi) is 5.28. The normalized spacial score (nSPS) is 20.4. The number of benzene rings is 1. The van der Waals surface area contributed by atoms with Crippen LogP contribution in [0.5, 0.6) is 0 Å². The molecule has 116 valence electrons. The molecule has 3 nitrogen and oxygen atoms in total. The number of hydrogen-bond donors (Lipinski definition) is 1. The first kappa shape index (κ1) is 15.0. The Labute approximate surface area is 128 Å². The molecule has 1 fully saturated rings. The van der Waals surface area contributed by atoms with Crippen molar-refractivity contribution < 1.29 is 4.74 Å². The number of hydrogen-bond acceptors (Lipinski definition) is 3. The first-order valence-corrected chi connectivity index (χ1v) is 8.48. The van der Waals surface area contributed by atoms with Crippen molar-refractivity contribution in [3.63, 3.8) is 0 Å². The SMILES string of the molecule is CC(NCCCN1CCOCC1)c1ccc2c(c1)CCC2. The van der Waals surface area contributed by atoms with E-state index in [1.165, 1.54) is 37.8 Å². The van der Waals surface area contributed by atoms with Crippen molar-refractivity contribution in [2.75, 3.05) is 39.4 Å². The molecular formula is C18H28N2O. The molecule has 1 unspecified atom stereocenters. The second-order valence-corrected chi connectivity index (χ2v) is 6.37. The van der Waals surface area contributed by atoms with Gasteiger partial charge in [-0.15, -0.1) is 0 Å². The van der Waals surface area contributed by atoms with Crippen molar-refractivity contribution in [3.8, 4) is 0 Å². The van der Waals surface area contributed by atoms with Gasteiger partial charge in [-0.3, -0.25) is 4.90 Å². The van der Waals surface area contributed by atoms with Gasteiger partial charge in [0.15, 0.2) is 0 Å². The molecule has 0 amide bonds. The van der Waals surface area contributed by atoms with Crippen LogP contribution in [0.15, 0.2) is 18.2 Å². The van der Waals surface area contributed by atoms with Crippen molar-refractivity contribution in [2.24, 2.45) is 0 Å². The highest BCUT2D eigenvalue weighted by Gasteiger charge is 2.13. The number of ether oxygens (including phenoxy) is 1. The molecule has 0 bridgehead atoms. The van der Waals surface area contributed by atoms with Crippen LogP contribution in [0.4, 0.5) is 0 Å². The molecule has 1 aromatic carbocycles. The maximum absolute atomic E-state index is 5.38. The Morgan fingerprint density at radius 1 is 1.19 bits per heavy atom. The Morgan fingerprint density at radius 2 is 2.00 bits per heavy atom. The van der Waals surface area contributed by atoms with E-state index in [1.54, 1.807) is 11.1 Å². The molecule has 1 N–H and O–H groups in total. The summed E-state index contributed by atoms with van der Waals surface area (Å²) < 4.78 is 5.38. The molecule has 0 radical (unpaired) electrons. The van der Waals surface area contributed by atoms with Crippen LogP contribution in [0.1, 0.15) is 42.5 Å². The first-order valence-electron chi connectivity index (χ1n) is 8.48. The minimum Gasteiger partial charge on any atom is -0.379 e. The molecule has 21 heavy (non-hydrogen) atoms. The van der Waals surface area contributed by atoms with Crippen molar-refractivity contribution in [1.82, 2.24) is 10.2 Å². The summed E-state index contributed by atoms with van der Waals surface area (Å²) in [5.41, 5.74) is 4.59. The Balaban J connectivity index is 1.40. The van der Waals surface area contributed by atoms with Gasteiger partial charge in [-0.1, -0.05) is 18.2 Å². The summed E-state index contributed by atoms with van der Waals surface area (Å²) in [4.78, 5) is 2.51. The molecule has 1 aliphatic heterocycles. The molecule has 3 rings (SSSR count). The highest BCUT2D eigenvalue weighted by atomic mass is 16.5. The van der Waals surface area contributed by atoms with E-state index in [4.69, 9.17) is 4.74 Å². The topological polar surface area (TPSA) is 24.5 Å². The van der Waals surface area contributed by atoms with E-state index in [1.807, 2.05) is 0 Å². The monoisotopic (exact) mass is 288 g/mol. The fourth-order valence-corrected chi connectivity index (χ4v) is 3.42. The number of nitrogens with one attached hydrogen (secondary N) is 1. The standard InChI is InChI=1S/C18H28N2O/c1-15(17-7-6-16-4-2-5-18(16)14-17)19-8-3-9-20-10-12-21-13-11-20/h6-7,14-15,19H,2-5,8-13H2,1H3. The van der Waals surface area contributed by atoms with Gasteiger partial charge in [0, 0.05) is 19.1 Å². The molecular weight excluding hydrogens is 260 g/mol. The molecule has 3 heteroatoms. The maximum Gasteiger partial charge on any atom is 0.0594 e. The zero-order valence-corrected chi connectivity index (χ0v) is 13.2. The van der Waals surface area contributed by atoms with Gasteiger partial charge < -0.3 is 10.1 Å². The molecule has 1 heterocycles. The summed E-state index contributed by atoms with van der Waals surface area (Å²) in [6.07, 6.45) is 5.10. The van der Waals surface area contributed by atoms with Gasteiger partial charge in [-0.25, -0.2) is 0 Å². The molecule has 1 saturated heterocycles. The van der Waals surface area contributed by atoms with Crippen molar-refractivity contribution in [2.45, 2.75) is 38.6 Å². The average molecular weight is 288 g/mol. The van der Waals surface area contributed by atoms with Crippen LogP contribution in [0.2, 0.25) is 0 Å². The summed E-state index contributed by atoms with van der Waals surface area (Å²) in [7, 11) is 0. The van der Waals surface area contributed by atoms with Crippen LogP contribution in [0.3, 0.4) is 0 Å². The first-order chi connectivity index (χ1) is 10.3. The van der Waals surface area contributed by atoms with Crippen molar-refractivity contribution in [3.05, 3.63) is 34.9 Å². The zero-order chi connectivity index (χ0) is 14.5. The largest absolute Gasteiger partial charge is 0.379 e. The van der Waals surface area contributed by atoms with Crippen molar-refractivity contribution in [1.29, 1.82) is 0 Å². The number of morpholine rings is 1. The molecule has 1 aromatic rings. The van der Waals surface area contributed by atoms with E-state index in [9.17, 15) is 0 Å². The van der Waals surface area contributed by atoms with Crippen LogP contribution in [0.25, 0.3) is 0 Å². The third-order valence-electron chi connectivity index (χ3n) is 4.83. The van der Waals surface area contributed by atoms with Gasteiger partial charge in [-0.05, 0) is 62.4 Å². The summed E-state index contributed by atoms with van der Waals surface area (Å²) >= 11 is 0. The zero-order valence-electron chi connectivity index (χ0n) is 13.2. The molecule has 0 aromatic heterocycles. The van der Waals surface area contributed by atoms with Crippen LogP contribution in [-0.4, -0.2) is 44.3 Å². The minimum atomic E-state index is 0.459. The Hall–Kier alpha value is -0.900. The van der Waals surface area contributed by atoms with E-state index in [0.717, 1.165) is 32.8 Å². The molecule has 2 aliphatic rings. The Bertz CT molecular complexity index is 455. The lowest BCUT2D eigenvalue weighted by Gasteiger charge is -2.26. The number of nitrogens with zero attached hydrogens (tertiary/aromatic N) is 1. The highest BCUT2D eigenvalue weighted by Crippen LogP contribution is 2.25. The van der Waals surface area contributed by atoms with E-state index in [0.29, 0.717) is 6.04 Å². The van der Waals surface area contributed by atoms with E-state index >= 15 is 0 Å². The van der Waals surface area contributed by atoms with Crippen LogP contribution in [-0.2, 0) is 17.6 Å². The highest BCUT2D eigenvalue weighted by molar-refractivity contribution is 5.36. The van der Waals surface area contributed by atoms with Crippen LogP contribution < -0.4 is 5.32 Å². The van der Waals surface area contributed by atoms with Crippen LogP contribution in [0, 0.1) is 0 Å². The van der Waals surface area contributed by atoms with Gasteiger partial charge in [0.25, 0.3) is 0 Å². The van der Waals surface area contributed by atoms with Crippen molar-refractivity contribution >= 4 is 0 Å². The van der Waals surface area contributed by atoms with Crippen LogP contribution >= 0.6 is 0 Å². The van der Waals surface area contributed by atoms with Gasteiger partial charge in [0.1, 0.15) is 0 Å². The summed E-state index contributed by atoms with van der Waals surface area (Å²) in [5.74, 6) is 0.